The Labute approximate surface area is 244 Å². The molecule has 0 aliphatic heterocycles. The number of allylic oxidation sites excluding steroid dienone is 2. The topological polar surface area (TPSA) is 74.0 Å². The van der Waals surface area contributed by atoms with Crippen molar-refractivity contribution in [2.75, 3.05) is 0 Å². The zero-order chi connectivity index (χ0) is 27.6. The van der Waals surface area contributed by atoms with E-state index >= 15 is 0 Å². The fourth-order valence-electron chi connectivity index (χ4n) is 5.13. The van der Waals surface area contributed by atoms with Gasteiger partial charge in [0.15, 0.2) is 5.78 Å². The van der Waals surface area contributed by atoms with Gasteiger partial charge in [0.1, 0.15) is 0 Å². The van der Waals surface area contributed by atoms with Crippen molar-refractivity contribution in [2.24, 2.45) is 0 Å². The van der Waals surface area contributed by atoms with Gasteiger partial charge in [0.2, 0.25) is 0 Å². The summed E-state index contributed by atoms with van der Waals surface area (Å²) in [5, 5.41) is 26.4. The molecule has 4 aromatic carbocycles. The van der Waals surface area contributed by atoms with Crippen LogP contribution in [0.1, 0.15) is 25.0 Å². The Morgan fingerprint density at radius 2 is 1.59 bits per heavy atom. The Morgan fingerprint density at radius 1 is 0.949 bits per heavy atom. The van der Waals surface area contributed by atoms with Crippen LogP contribution in [0.25, 0.3) is 43.6 Å². The number of nitrogens with zero attached hydrogens (tertiary/aromatic N) is 2. The molecule has 5 rings (SSSR count). The normalized spacial score (nSPS) is 11.5. The summed E-state index contributed by atoms with van der Waals surface area (Å²) in [6.07, 6.45) is 3.04. The Hall–Kier alpha value is -3.62. The summed E-state index contributed by atoms with van der Waals surface area (Å²) in [6, 6.07) is 26.7. The summed E-state index contributed by atoms with van der Waals surface area (Å²) in [4.78, 5) is 14.7. The molecule has 4 nitrogen and oxygen atoms in total. The summed E-state index contributed by atoms with van der Waals surface area (Å²) in [7, 11) is -1.51. The zero-order valence-corrected chi connectivity index (χ0v) is 26.4. The smallest absolute Gasteiger partial charge is 0.155 e. The van der Waals surface area contributed by atoms with Gasteiger partial charge in [-0.2, -0.15) is 5.26 Å². The maximum Gasteiger partial charge on any atom is 0.155 e. The van der Waals surface area contributed by atoms with E-state index < -0.39 is 8.07 Å². The van der Waals surface area contributed by atoms with Gasteiger partial charge in [0.25, 0.3) is 0 Å². The zero-order valence-electron chi connectivity index (χ0n) is 23.0. The van der Waals surface area contributed by atoms with E-state index in [0.717, 1.165) is 27.4 Å². The van der Waals surface area contributed by atoms with E-state index in [1.165, 1.54) is 46.8 Å². The number of aromatic nitrogens is 1. The standard InChI is InChI=1S/C28H23N2Si.C5H8O2.Ir/c1-18-9-10-23-24-13-14-30-27(25(24)11-12-26(23)28(18)31(2,3)4)20-15-19-7-5-6-8-22(19)21(16-20)17-29;1-4(6)3-5(2)7;/h5-14,16H,1-4H3;3,6H,1-2H3;/q-1;;/b;4-3-;. The average Bonchev–Trinajstić information content (AvgIpc) is 2.86. The second kappa shape index (κ2) is 12.0. The van der Waals surface area contributed by atoms with Crippen molar-refractivity contribution in [2.45, 2.75) is 40.4 Å². The van der Waals surface area contributed by atoms with Crippen LogP contribution in [0.5, 0.6) is 0 Å². The molecule has 1 heterocycles. The molecule has 0 atom stereocenters. The molecule has 0 aliphatic rings. The fraction of sp³-hybridized carbons (Fsp3) is 0.182. The molecule has 5 aromatic rings. The number of hydrogen-bond acceptors (Lipinski definition) is 4. The van der Waals surface area contributed by atoms with Gasteiger partial charge in [-0.1, -0.05) is 78.6 Å². The summed E-state index contributed by atoms with van der Waals surface area (Å²) >= 11 is 0. The van der Waals surface area contributed by atoms with Crippen LogP contribution in [0, 0.1) is 24.3 Å². The number of aryl methyl sites for hydroxylation is 1. The minimum Gasteiger partial charge on any atom is -0.512 e. The van der Waals surface area contributed by atoms with Crippen LogP contribution in [0.3, 0.4) is 0 Å². The Bertz CT molecular complexity index is 1780. The molecule has 0 bridgehead atoms. The first kappa shape index (κ1) is 29.9. The van der Waals surface area contributed by atoms with Crippen molar-refractivity contribution in [1.29, 1.82) is 5.26 Å². The maximum atomic E-state index is 10.0. The molecule has 6 heteroatoms. The summed E-state index contributed by atoms with van der Waals surface area (Å²) in [6.45, 7) is 12.3. The van der Waals surface area contributed by atoms with E-state index in [1.54, 1.807) is 0 Å². The van der Waals surface area contributed by atoms with E-state index in [-0.39, 0.29) is 31.6 Å². The van der Waals surface area contributed by atoms with Crippen molar-refractivity contribution in [3.63, 3.8) is 0 Å². The molecule has 0 spiro atoms. The summed E-state index contributed by atoms with van der Waals surface area (Å²) in [5.74, 6) is -0.0625. The third kappa shape index (κ3) is 6.34. The van der Waals surface area contributed by atoms with E-state index in [9.17, 15) is 10.1 Å². The molecule has 39 heavy (non-hydrogen) atoms. The third-order valence-corrected chi connectivity index (χ3v) is 8.63. The molecular weight excluding hydrogens is 677 g/mol. The monoisotopic (exact) mass is 708 g/mol. The first-order valence-electron chi connectivity index (χ1n) is 12.6. The van der Waals surface area contributed by atoms with Gasteiger partial charge < -0.3 is 5.11 Å². The predicted octanol–water partition coefficient (Wildman–Crippen LogP) is 7.77. The number of aliphatic hydroxyl groups excluding tert-OH is 1. The van der Waals surface area contributed by atoms with Gasteiger partial charge in [0, 0.05) is 38.1 Å². The van der Waals surface area contributed by atoms with Crippen molar-refractivity contribution < 1.29 is 30.0 Å². The number of ketones is 1. The average molecular weight is 708 g/mol. The van der Waals surface area contributed by atoms with E-state index in [1.807, 2.05) is 36.5 Å². The number of aliphatic hydroxyl groups is 1. The van der Waals surface area contributed by atoms with E-state index in [2.05, 4.69) is 69.0 Å². The van der Waals surface area contributed by atoms with Gasteiger partial charge >= 0.3 is 0 Å². The van der Waals surface area contributed by atoms with Crippen molar-refractivity contribution in [3.8, 4) is 17.3 Å². The van der Waals surface area contributed by atoms with Crippen LogP contribution in [0.4, 0.5) is 0 Å². The molecular formula is C33H31IrN2O2Si-. The van der Waals surface area contributed by atoms with Crippen LogP contribution in [-0.4, -0.2) is 23.9 Å². The van der Waals surface area contributed by atoms with Gasteiger partial charge in [-0.15, -0.1) is 23.6 Å². The molecule has 1 radical (unpaired) electrons. The number of carbonyl (C=O) groups is 1. The quantitative estimate of drug-likeness (QED) is 0.0684. The second-order valence-electron chi connectivity index (χ2n) is 10.6. The molecule has 199 valence electrons. The first-order chi connectivity index (χ1) is 18.0. The van der Waals surface area contributed by atoms with Gasteiger partial charge in [0.05, 0.1) is 19.9 Å². The molecule has 0 amide bonds. The molecule has 0 unspecified atom stereocenters. The summed E-state index contributed by atoms with van der Waals surface area (Å²) < 4.78 is 0. The fourth-order valence-corrected chi connectivity index (χ4v) is 7.43. The number of rotatable bonds is 3. The van der Waals surface area contributed by atoms with E-state index in [0.29, 0.717) is 5.56 Å². The SMILES string of the molecule is CC(=O)/C=C(/C)O.Cc1ccc2c(ccc3c(-c4[c-]c5ccccc5c(C#N)c4)nccc32)c1[Si](C)(C)C.[Ir]. The largest absolute Gasteiger partial charge is 0.512 e. The number of carbonyl (C=O) groups excluding carboxylic acids is 1. The number of nitriles is 1. The van der Waals surface area contributed by atoms with Crippen molar-refractivity contribution in [1.82, 2.24) is 4.98 Å². The number of pyridine rings is 1. The Balaban J connectivity index is 0.000000468. The predicted molar refractivity (Wildman–Crippen MR) is 161 cm³/mol. The van der Waals surface area contributed by atoms with Crippen LogP contribution in [0.15, 0.2) is 78.7 Å². The number of fused-ring (bicyclic) bond motifs is 4. The van der Waals surface area contributed by atoms with Crippen LogP contribution < -0.4 is 5.19 Å². The Kier molecular flexibility index (Phi) is 9.25. The molecule has 0 fully saturated rings. The number of hydrogen-bond donors (Lipinski definition) is 1. The molecule has 0 aliphatic carbocycles. The maximum absolute atomic E-state index is 10.0. The minimum absolute atomic E-state index is 0. The molecule has 0 saturated carbocycles. The molecule has 1 aromatic heterocycles. The Morgan fingerprint density at radius 3 is 2.21 bits per heavy atom. The van der Waals surface area contributed by atoms with Crippen LogP contribution >= 0.6 is 0 Å². The van der Waals surface area contributed by atoms with Gasteiger partial charge in [-0.25, -0.2) is 0 Å². The molecule has 1 N–H and O–H groups in total. The second-order valence-corrected chi connectivity index (χ2v) is 15.6. The molecule has 0 saturated heterocycles. The third-order valence-electron chi connectivity index (χ3n) is 6.46. The van der Waals surface area contributed by atoms with Crippen molar-refractivity contribution >= 4 is 51.4 Å². The number of benzene rings is 4. The van der Waals surface area contributed by atoms with Gasteiger partial charge in [-0.3, -0.25) is 9.78 Å². The first-order valence-corrected chi connectivity index (χ1v) is 16.1. The van der Waals surface area contributed by atoms with E-state index in [4.69, 9.17) is 10.1 Å². The minimum atomic E-state index is -1.51. The van der Waals surface area contributed by atoms with Gasteiger partial charge in [-0.05, 0) is 59.1 Å². The van der Waals surface area contributed by atoms with Crippen molar-refractivity contribution in [3.05, 3.63) is 95.9 Å². The van der Waals surface area contributed by atoms with Crippen LogP contribution in [-0.2, 0) is 24.9 Å². The van der Waals surface area contributed by atoms with Crippen LogP contribution in [0.2, 0.25) is 19.6 Å². The summed E-state index contributed by atoms with van der Waals surface area (Å²) in [5.41, 5.74) is 3.76.